The number of rotatable bonds is 20. The summed E-state index contributed by atoms with van der Waals surface area (Å²) in [6, 6.07) is 9.77. The smallest absolute Gasteiger partial charge is 0.333 e. The maximum atomic E-state index is 11.7. The third kappa shape index (κ3) is 15.6. The molecule has 176 valence electrons. The highest BCUT2D eigenvalue weighted by Gasteiger charge is 2.14. The first-order valence-corrected chi connectivity index (χ1v) is 12.7. The molecule has 0 N–H and O–H groups in total. The van der Waals surface area contributed by atoms with Crippen molar-refractivity contribution in [2.45, 2.75) is 116 Å². The summed E-state index contributed by atoms with van der Waals surface area (Å²) >= 11 is 0. The lowest BCUT2D eigenvalue weighted by Crippen LogP contribution is -2.25. The van der Waals surface area contributed by atoms with E-state index in [1.54, 1.807) is 6.92 Å². The first-order valence-electron chi connectivity index (χ1n) is 12.7. The average molecular weight is 431 g/mol. The summed E-state index contributed by atoms with van der Waals surface area (Å²) in [7, 11) is 0. The Labute approximate surface area is 191 Å². The molecular formula is C28H46O3. The second kappa shape index (κ2) is 19.0. The SMILES string of the molecule is C=C(C)C(=O)OCC(CCCCCCCCCCCCCCCC)Oc1ccccc1. The third-order valence-electron chi connectivity index (χ3n) is 5.67. The predicted octanol–water partition coefficient (Wildman–Crippen LogP) is 8.42. The summed E-state index contributed by atoms with van der Waals surface area (Å²) in [5, 5.41) is 0. The van der Waals surface area contributed by atoms with Crippen molar-refractivity contribution >= 4 is 5.97 Å². The van der Waals surface area contributed by atoms with Crippen molar-refractivity contribution in [3.05, 3.63) is 42.5 Å². The molecule has 0 aliphatic heterocycles. The summed E-state index contributed by atoms with van der Waals surface area (Å²) in [5.41, 5.74) is 0.426. The quantitative estimate of drug-likeness (QED) is 0.118. The standard InChI is InChI=1S/C28H46O3/c1-4-5-6-7-8-9-10-11-12-13-14-15-16-18-23-27(24-30-28(29)25(2)3)31-26-21-19-17-20-22-26/h17,19-22,27H,2,4-16,18,23-24H2,1,3H3. The van der Waals surface area contributed by atoms with Gasteiger partial charge in [-0.25, -0.2) is 4.79 Å². The summed E-state index contributed by atoms with van der Waals surface area (Å²) < 4.78 is 11.4. The predicted molar refractivity (Wildman–Crippen MR) is 132 cm³/mol. The number of unbranched alkanes of at least 4 members (excludes halogenated alkanes) is 13. The Morgan fingerprint density at radius 2 is 1.29 bits per heavy atom. The molecule has 0 aliphatic rings. The number of hydrogen-bond donors (Lipinski definition) is 0. The van der Waals surface area contributed by atoms with Crippen LogP contribution in [-0.2, 0) is 9.53 Å². The van der Waals surface area contributed by atoms with Crippen LogP contribution in [0.5, 0.6) is 5.75 Å². The minimum Gasteiger partial charge on any atom is -0.487 e. The zero-order chi connectivity index (χ0) is 22.6. The van der Waals surface area contributed by atoms with Gasteiger partial charge in [0.05, 0.1) is 0 Å². The molecule has 1 rings (SSSR count). The van der Waals surface area contributed by atoms with Crippen LogP contribution in [0, 0.1) is 0 Å². The molecule has 0 radical (unpaired) electrons. The Morgan fingerprint density at radius 3 is 1.77 bits per heavy atom. The van der Waals surface area contributed by atoms with Gasteiger partial charge in [-0.3, -0.25) is 0 Å². The highest BCUT2D eigenvalue weighted by atomic mass is 16.6. The van der Waals surface area contributed by atoms with E-state index in [-0.39, 0.29) is 18.7 Å². The molecule has 1 atom stereocenters. The van der Waals surface area contributed by atoms with E-state index in [1.807, 2.05) is 30.3 Å². The number of benzene rings is 1. The van der Waals surface area contributed by atoms with Crippen LogP contribution in [-0.4, -0.2) is 18.7 Å². The molecule has 3 nitrogen and oxygen atoms in total. The topological polar surface area (TPSA) is 35.5 Å². The van der Waals surface area contributed by atoms with Gasteiger partial charge in [-0.15, -0.1) is 0 Å². The van der Waals surface area contributed by atoms with Crippen molar-refractivity contribution in [2.75, 3.05) is 6.61 Å². The largest absolute Gasteiger partial charge is 0.487 e. The van der Waals surface area contributed by atoms with Crippen molar-refractivity contribution in [3.8, 4) is 5.75 Å². The molecule has 0 spiro atoms. The fourth-order valence-electron chi connectivity index (χ4n) is 3.73. The average Bonchev–Trinajstić information content (AvgIpc) is 2.77. The van der Waals surface area contributed by atoms with Crippen molar-refractivity contribution < 1.29 is 14.3 Å². The molecule has 0 aromatic heterocycles. The van der Waals surface area contributed by atoms with E-state index >= 15 is 0 Å². The highest BCUT2D eigenvalue weighted by Crippen LogP contribution is 2.17. The molecule has 0 heterocycles. The van der Waals surface area contributed by atoms with Crippen LogP contribution >= 0.6 is 0 Å². The van der Waals surface area contributed by atoms with E-state index in [1.165, 1.54) is 83.5 Å². The third-order valence-corrected chi connectivity index (χ3v) is 5.67. The van der Waals surface area contributed by atoms with E-state index in [0.717, 1.165) is 18.6 Å². The van der Waals surface area contributed by atoms with Gasteiger partial charge in [0.25, 0.3) is 0 Å². The maximum absolute atomic E-state index is 11.7. The maximum Gasteiger partial charge on any atom is 0.333 e. The van der Waals surface area contributed by atoms with Crippen LogP contribution in [0.4, 0.5) is 0 Å². The normalized spacial score (nSPS) is 11.8. The Bertz CT molecular complexity index is 567. The second-order valence-electron chi connectivity index (χ2n) is 8.82. The van der Waals surface area contributed by atoms with Gasteiger partial charge < -0.3 is 9.47 Å². The van der Waals surface area contributed by atoms with E-state index in [4.69, 9.17) is 9.47 Å². The zero-order valence-corrected chi connectivity index (χ0v) is 20.2. The molecule has 0 amide bonds. The van der Waals surface area contributed by atoms with Crippen LogP contribution in [0.15, 0.2) is 42.5 Å². The van der Waals surface area contributed by atoms with Gasteiger partial charge in [0.2, 0.25) is 0 Å². The van der Waals surface area contributed by atoms with Crippen molar-refractivity contribution in [2.24, 2.45) is 0 Å². The lowest BCUT2D eigenvalue weighted by molar-refractivity contribution is -0.141. The van der Waals surface area contributed by atoms with Crippen molar-refractivity contribution in [1.29, 1.82) is 0 Å². The molecule has 0 aliphatic carbocycles. The van der Waals surface area contributed by atoms with Crippen LogP contribution in [0.2, 0.25) is 0 Å². The molecule has 0 saturated heterocycles. The lowest BCUT2D eigenvalue weighted by Gasteiger charge is -2.19. The zero-order valence-electron chi connectivity index (χ0n) is 20.2. The minimum absolute atomic E-state index is 0.108. The first kappa shape index (κ1) is 27.3. The number of para-hydroxylation sites is 1. The van der Waals surface area contributed by atoms with Gasteiger partial charge in [-0.1, -0.05) is 115 Å². The van der Waals surface area contributed by atoms with Gasteiger partial charge in [-0.05, 0) is 31.9 Å². The van der Waals surface area contributed by atoms with E-state index < -0.39 is 0 Å². The van der Waals surface area contributed by atoms with Gasteiger partial charge >= 0.3 is 5.97 Å². The summed E-state index contributed by atoms with van der Waals surface area (Å²) in [6.45, 7) is 7.87. The molecule has 0 bridgehead atoms. The number of ether oxygens (including phenoxy) is 2. The Kier molecular flexibility index (Phi) is 16.7. The molecule has 1 aromatic rings. The van der Waals surface area contributed by atoms with Crippen LogP contribution < -0.4 is 4.74 Å². The minimum atomic E-state index is -0.345. The van der Waals surface area contributed by atoms with Crippen LogP contribution in [0.1, 0.15) is 110 Å². The van der Waals surface area contributed by atoms with Crippen molar-refractivity contribution in [3.63, 3.8) is 0 Å². The number of esters is 1. The monoisotopic (exact) mass is 430 g/mol. The second-order valence-corrected chi connectivity index (χ2v) is 8.82. The van der Waals surface area contributed by atoms with Gasteiger partial charge in [-0.2, -0.15) is 0 Å². The molecule has 1 unspecified atom stereocenters. The molecule has 0 fully saturated rings. The Morgan fingerprint density at radius 1 is 0.806 bits per heavy atom. The summed E-state index contributed by atoms with van der Waals surface area (Å²) in [6.07, 6.45) is 19.7. The van der Waals surface area contributed by atoms with E-state index in [9.17, 15) is 4.79 Å². The van der Waals surface area contributed by atoms with Gasteiger partial charge in [0.15, 0.2) is 0 Å². The molecule has 1 aromatic carbocycles. The first-order chi connectivity index (χ1) is 15.1. The Hall–Kier alpha value is -1.77. The Balaban J connectivity index is 2.09. The summed E-state index contributed by atoms with van der Waals surface area (Å²) in [5.74, 6) is 0.479. The molecule has 31 heavy (non-hydrogen) atoms. The molecular weight excluding hydrogens is 384 g/mol. The van der Waals surface area contributed by atoms with Gasteiger partial charge in [0.1, 0.15) is 18.5 Å². The fraction of sp³-hybridized carbons (Fsp3) is 0.679. The molecule has 3 heteroatoms. The van der Waals surface area contributed by atoms with Gasteiger partial charge in [0, 0.05) is 5.57 Å². The summed E-state index contributed by atoms with van der Waals surface area (Å²) in [4.78, 5) is 11.7. The molecule has 0 saturated carbocycles. The lowest BCUT2D eigenvalue weighted by atomic mass is 10.0. The number of carbonyl (C=O) groups is 1. The van der Waals surface area contributed by atoms with E-state index in [0.29, 0.717) is 5.57 Å². The number of hydrogen-bond acceptors (Lipinski definition) is 3. The van der Waals surface area contributed by atoms with Crippen LogP contribution in [0.25, 0.3) is 0 Å². The van der Waals surface area contributed by atoms with Crippen molar-refractivity contribution in [1.82, 2.24) is 0 Å². The van der Waals surface area contributed by atoms with E-state index in [2.05, 4.69) is 13.5 Å². The van der Waals surface area contributed by atoms with Crippen LogP contribution in [0.3, 0.4) is 0 Å². The highest BCUT2D eigenvalue weighted by molar-refractivity contribution is 5.86. The fourth-order valence-corrected chi connectivity index (χ4v) is 3.73. The number of carbonyl (C=O) groups excluding carboxylic acids is 1.